The molecule has 124 valence electrons. The molecular formula is C19H24ClNO2. The fourth-order valence-electron chi connectivity index (χ4n) is 3.55. The topological polar surface area (TPSA) is 29.5 Å². The van der Waals surface area contributed by atoms with E-state index in [1.54, 1.807) is 0 Å². The Balaban J connectivity index is 1.88. The average molecular weight is 334 g/mol. The maximum atomic E-state index is 12.6. The Morgan fingerprint density at radius 2 is 2.00 bits per heavy atom. The van der Waals surface area contributed by atoms with Crippen molar-refractivity contribution in [2.24, 2.45) is 0 Å². The van der Waals surface area contributed by atoms with Crippen LogP contribution in [0.25, 0.3) is 5.57 Å². The molecular weight excluding hydrogens is 310 g/mol. The van der Waals surface area contributed by atoms with Crippen molar-refractivity contribution < 1.29 is 9.53 Å². The number of benzene rings is 1. The number of piperidine rings is 1. The molecule has 3 rings (SSSR count). The van der Waals surface area contributed by atoms with Gasteiger partial charge in [0.05, 0.1) is 6.04 Å². The van der Waals surface area contributed by atoms with E-state index in [-0.39, 0.29) is 18.2 Å². The minimum Gasteiger partial charge on any atom is -0.444 e. The number of carbonyl (C=O) groups is 1. The molecule has 2 aliphatic heterocycles. The maximum absolute atomic E-state index is 12.6. The minimum absolute atomic E-state index is 0.114. The Hall–Kier alpha value is -1.48. The van der Waals surface area contributed by atoms with Crippen molar-refractivity contribution in [2.45, 2.75) is 64.1 Å². The first-order valence-electron chi connectivity index (χ1n) is 8.32. The van der Waals surface area contributed by atoms with E-state index in [1.807, 2.05) is 43.9 Å². The van der Waals surface area contributed by atoms with Gasteiger partial charge in [-0.2, -0.15) is 0 Å². The van der Waals surface area contributed by atoms with Crippen LogP contribution in [0.5, 0.6) is 0 Å². The Morgan fingerprint density at radius 3 is 2.65 bits per heavy atom. The quantitative estimate of drug-likeness (QED) is 0.699. The fraction of sp³-hybridized carbons (Fsp3) is 0.526. The highest BCUT2D eigenvalue weighted by Crippen LogP contribution is 2.39. The van der Waals surface area contributed by atoms with Crippen molar-refractivity contribution >= 4 is 23.3 Å². The van der Waals surface area contributed by atoms with E-state index in [0.29, 0.717) is 0 Å². The molecule has 2 atom stereocenters. The van der Waals surface area contributed by atoms with E-state index >= 15 is 0 Å². The lowest BCUT2D eigenvalue weighted by Gasteiger charge is -2.45. The molecule has 1 saturated heterocycles. The number of carbonyl (C=O) groups excluding carboxylic acids is 1. The van der Waals surface area contributed by atoms with Crippen molar-refractivity contribution in [1.82, 2.24) is 4.90 Å². The van der Waals surface area contributed by atoms with Gasteiger partial charge in [0.2, 0.25) is 0 Å². The van der Waals surface area contributed by atoms with Gasteiger partial charge < -0.3 is 4.74 Å². The van der Waals surface area contributed by atoms with Gasteiger partial charge in [0.1, 0.15) is 5.60 Å². The van der Waals surface area contributed by atoms with Crippen LogP contribution in [0.3, 0.4) is 0 Å². The zero-order chi connectivity index (χ0) is 16.6. The van der Waals surface area contributed by atoms with Crippen molar-refractivity contribution in [2.75, 3.05) is 0 Å². The number of fused-ring (bicyclic) bond motifs is 2. The van der Waals surface area contributed by atoms with Crippen LogP contribution in [0.1, 0.15) is 52.0 Å². The highest BCUT2D eigenvalue weighted by molar-refractivity contribution is 6.32. The molecule has 23 heavy (non-hydrogen) atoms. The Bertz CT molecular complexity index is 633. The van der Waals surface area contributed by atoms with Crippen LogP contribution in [0, 0.1) is 0 Å². The van der Waals surface area contributed by atoms with Crippen LogP contribution < -0.4 is 0 Å². The normalized spacial score (nSPS) is 24.2. The Labute approximate surface area is 143 Å². The number of hydrogen-bond donors (Lipinski definition) is 0. The van der Waals surface area contributed by atoms with Gasteiger partial charge in [-0.05, 0) is 63.7 Å². The SMILES string of the molecule is CC(C)(C)OC(=O)N1C2C=C(c3ccccc3Cl)CC1CCC2. The van der Waals surface area contributed by atoms with Gasteiger partial charge in [-0.25, -0.2) is 4.79 Å². The standard InChI is InChI=1S/C19H24ClNO2/c1-19(2,3)23-18(22)21-14-7-6-8-15(21)12-13(11-14)16-9-4-5-10-17(16)20/h4-5,9-11,14-15H,6-8,12H2,1-3H3. The monoisotopic (exact) mass is 333 g/mol. The van der Waals surface area contributed by atoms with Crippen molar-refractivity contribution in [1.29, 1.82) is 0 Å². The summed E-state index contributed by atoms with van der Waals surface area (Å²) in [4.78, 5) is 14.5. The molecule has 2 bridgehead atoms. The summed E-state index contributed by atoms with van der Waals surface area (Å²) in [6, 6.07) is 8.27. The molecule has 0 aliphatic carbocycles. The highest BCUT2D eigenvalue weighted by Gasteiger charge is 2.39. The lowest BCUT2D eigenvalue weighted by molar-refractivity contribution is 0.0000879. The second-order valence-corrected chi connectivity index (χ2v) is 7.82. The third-order valence-corrected chi connectivity index (χ3v) is 4.79. The summed E-state index contributed by atoms with van der Waals surface area (Å²) in [6.07, 6.45) is 6.03. The van der Waals surface area contributed by atoms with Crippen LogP contribution in [-0.2, 0) is 4.74 Å². The zero-order valence-corrected chi connectivity index (χ0v) is 14.8. The van der Waals surface area contributed by atoms with Gasteiger partial charge in [-0.1, -0.05) is 35.9 Å². The van der Waals surface area contributed by atoms with Crippen molar-refractivity contribution in [3.8, 4) is 0 Å². The molecule has 1 amide bonds. The average Bonchev–Trinajstić information content (AvgIpc) is 2.44. The van der Waals surface area contributed by atoms with Crippen molar-refractivity contribution in [3.63, 3.8) is 0 Å². The van der Waals surface area contributed by atoms with E-state index in [2.05, 4.69) is 12.1 Å². The van der Waals surface area contributed by atoms with Gasteiger partial charge in [0.15, 0.2) is 0 Å². The first-order chi connectivity index (χ1) is 10.8. The second kappa shape index (κ2) is 6.20. The van der Waals surface area contributed by atoms with Gasteiger partial charge >= 0.3 is 6.09 Å². The largest absolute Gasteiger partial charge is 0.444 e. The van der Waals surface area contributed by atoms with E-state index < -0.39 is 5.60 Å². The number of ether oxygens (including phenoxy) is 1. The molecule has 1 aromatic carbocycles. The van der Waals surface area contributed by atoms with Gasteiger partial charge in [-0.3, -0.25) is 4.90 Å². The van der Waals surface area contributed by atoms with Crippen LogP contribution in [0.2, 0.25) is 5.02 Å². The summed E-state index contributed by atoms with van der Waals surface area (Å²) in [5, 5.41) is 0.780. The number of rotatable bonds is 1. The minimum atomic E-state index is -0.460. The summed E-state index contributed by atoms with van der Waals surface area (Å²) in [5.74, 6) is 0. The summed E-state index contributed by atoms with van der Waals surface area (Å²) in [5.41, 5.74) is 1.89. The van der Waals surface area contributed by atoms with Crippen LogP contribution >= 0.6 is 11.6 Å². The molecule has 2 heterocycles. The van der Waals surface area contributed by atoms with Gasteiger partial charge in [-0.15, -0.1) is 0 Å². The lowest BCUT2D eigenvalue weighted by Crippen LogP contribution is -2.53. The first kappa shape index (κ1) is 16.4. The molecule has 3 nitrogen and oxygen atoms in total. The Kier molecular flexibility index (Phi) is 4.41. The lowest BCUT2D eigenvalue weighted by atomic mass is 9.83. The highest BCUT2D eigenvalue weighted by atomic mass is 35.5. The predicted octanol–water partition coefficient (Wildman–Crippen LogP) is 5.29. The van der Waals surface area contributed by atoms with Crippen LogP contribution in [-0.4, -0.2) is 28.7 Å². The van der Waals surface area contributed by atoms with Gasteiger partial charge in [0, 0.05) is 11.1 Å². The van der Waals surface area contributed by atoms with Gasteiger partial charge in [0.25, 0.3) is 0 Å². The van der Waals surface area contributed by atoms with Crippen molar-refractivity contribution in [3.05, 3.63) is 40.9 Å². The smallest absolute Gasteiger partial charge is 0.411 e. The number of hydrogen-bond acceptors (Lipinski definition) is 2. The van der Waals surface area contributed by atoms with Crippen LogP contribution in [0.15, 0.2) is 30.3 Å². The molecule has 0 spiro atoms. The third kappa shape index (κ3) is 3.55. The maximum Gasteiger partial charge on any atom is 0.411 e. The second-order valence-electron chi connectivity index (χ2n) is 7.42. The fourth-order valence-corrected chi connectivity index (χ4v) is 3.81. The number of halogens is 1. The molecule has 0 N–H and O–H groups in total. The van der Waals surface area contributed by atoms with E-state index in [1.165, 1.54) is 5.57 Å². The summed E-state index contributed by atoms with van der Waals surface area (Å²) >= 11 is 6.35. The third-order valence-electron chi connectivity index (χ3n) is 4.46. The number of nitrogens with zero attached hydrogens (tertiary/aromatic N) is 1. The summed E-state index contributed by atoms with van der Waals surface area (Å²) in [6.45, 7) is 5.74. The molecule has 0 radical (unpaired) electrons. The molecule has 4 heteroatoms. The molecule has 0 saturated carbocycles. The van der Waals surface area contributed by atoms with E-state index in [0.717, 1.165) is 36.3 Å². The molecule has 1 fully saturated rings. The van der Waals surface area contributed by atoms with Crippen LogP contribution in [0.4, 0.5) is 4.79 Å². The predicted molar refractivity (Wildman–Crippen MR) is 93.5 cm³/mol. The van der Waals surface area contributed by atoms with E-state index in [9.17, 15) is 4.79 Å². The summed E-state index contributed by atoms with van der Waals surface area (Å²) < 4.78 is 5.61. The molecule has 1 aromatic rings. The van der Waals surface area contributed by atoms with E-state index in [4.69, 9.17) is 16.3 Å². The zero-order valence-electron chi connectivity index (χ0n) is 14.0. The summed E-state index contributed by atoms with van der Waals surface area (Å²) in [7, 11) is 0. The number of amides is 1. The molecule has 2 aliphatic rings. The molecule has 2 unspecified atom stereocenters. The first-order valence-corrected chi connectivity index (χ1v) is 8.70. The Morgan fingerprint density at radius 1 is 1.26 bits per heavy atom. The molecule has 0 aromatic heterocycles.